The minimum atomic E-state index is 0.521. The van der Waals surface area contributed by atoms with E-state index in [1.165, 1.54) is 0 Å². The average molecular weight is 234 g/mol. The molecule has 0 saturated carbocycles. The standard InChI is InChI=1S/C13H12ClNO/c14-12-7-4-8-13(9-12)15-16-10-11-5-2-1-3-6-11/h1-9,15H,10H2. The van der Waals surface area contributed by atoms with Gasteiger partial charge in [0.1, 0.15) is 0 Å². The van der Waals surface area contributed by atoms with Crippen molar-refractivity contribution in [3.05, 3.63) is 65.2 Å². The van der Waals surface area contributed by atoms with Gasteiger partial charge in [0.25, 0.3) is 0 Å². The summed E-state index contributed by atoms with van der Waals surface area (Å²) < 4.78 is 0. The van der Waals surface area contributed by atoms with Gasteiger partial charge in [-0.3, -0.25) is 10.3 Å². The van der Waals surface area contributed by atoms with Crippen molar-refractivity contribution in [1.29, 1.82) is 0 Å². The molecular weight excluding hydrogens is 222 g/mol. The highest BCUT2D eigenvalue weighted by atomic mass is 35.5. The second kappa shape index (κ2) is 5.54. The molecule has 82 valence electrons. The molecule has 16 heavy (non-hydrogen) atoms. The van der Waals surface area contributed by atoms with Crippen LogP contribution in [0.2, 0.25) is 5.02 Å². The fraction of sp³-hybridized carbons (Fsp3) is 0.0769. The molecule has 0 bridgehead atoms. The summed E-state index contributed by atoms with van der Waals surface area (Å²) in [5, 5.41) is 0.688. The Morgan fingerprint density at radius 2 is 1.81 bits per heavy atom. The van der Waals surface area contributed by atoms with E-state index in [2.05, 4.69) is 5.48 Å². The minimum absolute atomic E-state index is 0.521. The van der Waals surface area contributed by atoms with Gasteiger partial charge < -0.3 is 0 Å². The zero-order valence-electron chi connectivity index (χ0n) is 8.69. The van der Waals surface area contributed by atoms with Crippen molar-refractivity contribution in [3.8, 4) is 0 Å². The zero-order chi connectivity index (χ0) is 11.2. The predicted molar refractivity (Wildman–Crippen MR) is 66.3 cm³/mol. The van der Waals surface area contributed by atoms with Gasteiger partial charge in [-0.2, -0.15) is 0 Å². The highest BCUT2D eigenvalue weighted by Crippen LogP contribution is 2.15. The molecule has 0 aliphatic heterocycles. The number of halogens is 1. The van der Waals surface area contributed by atoms with Gasteiger partial charge in [-0.1, -0.05) is 48.0 Å². The van der Waals surface area contributed by atoms with Crippen LogP contribution in [0.4, 0.5) is 5.69 Å². The number of anilines is 1. The molecule has 0 aliphatic carbocycles. The SMILES string of the molecule is Clc1cccc(NOCc2ccccc2)c1. The molecule has 0 aromatic heterocycles. The van der Waals surface area contributed by atoms with Crippen LogP contribution in [-0.2, 0) is 11.4 Å². The Balaban J connectivity index is 1.85. The molecule has 2 nitrogen and oxygen atoms in total. The van der Waals surface area contributed by atoms with Crippen molar-refractivity contribution in [1.82, 2.24) is 0 Å². The molecule has 2 aromatic rings. The molecule has 0 fully saturated rings. The van der Waals surface area contributed by atoms with E-state index in [0.29, 0.717) is 11.6 Å². The number of hydrogen-bond donors (Lipinski definition) is 1. The van der Waals surface area contributed by atoms with Crippen LogP contribution in [0.3, 0.4) is 0 Å². The van der Waals surface area contributed by atoms with E-state index in [0.717, 1.165) is 11.3 Å². The Kier molecular flexibility index (Phi) is 3.81. The summed E-state index contributed by atoms with van der Waals surface area (Å²) in [7, 11) is 0. The van der Waals surface area contributed by atoms with Gasteiger partial charge in [0.15, 0.2) is 0 Å². The highest BCUT2D eigenvalue weighted by Gasteiger charge is 1.94. The maximum atomic E-state index is 5.85. The van der Waals surface area contributed by atoms with E-state index in [9.17, 15) is 0 Å². The van der Waals surface area contributed by atoms with E-state index >= 15 is 0 Å². The Labute approximate surface area is 99.8 Å². The summed E-state index contributed by atoms with van der Waals surface area (Å²) in [5.74, 6) is 0. The normalized spacial score (nSPS) is 10.1. The van der Waals surface area contributed by atoms with Crippen molar-refractivity contribution in [3.63, 3.8) is 0 Å². The maximum absolute atomic E-state index is 5.85. The van der Waals surface area contributed by atoms with Crippen molar-refractivity contribution in [2.24, 2.45) is 0 Å². The molecule has 0 atom stereocenters. The lowest BCUT2D eigenvalue weighted by Crippen LogP contribution is -2.01. The third-order valence-corrected chi connectivity index (χ3v) is 2.33. The molecule has 0 heterocycles. The second-order valence-corrected chi connectivity index (χ2v) is 3.82. The molecule has 0 amide bonds. The van der Waals surface area contributed by atoms with Gasteiger partial charge in [-0.05, 0) is 23.8 Å². The predicted octanol–water partition coefficient (Wildman–Crippen LogP) is 3.88. The topological polar surface area (TPSA) is 21.3 Å². The summed E-state index contributed by atoms with van der Waals surface area (Å²) in [4.78, 5) is 5.35. The summed E-state index contributed by atoms with van der Waals surface area (Å²) >= 11 is 5.85. The monoisotopic (exact) mass is 233 g/mol. The molecule has 2 aromatic carbocycles. The molecule has 0 radical (unpaired) electrons. The number of nitrogens with one attached hydrogen (secondary N) is 1. The first-order valence-corrected chi connectivity index (χ1v) is 5.40. The van der Waals surface area contributed by atoms with Crippen LogP contribution in [-0.4, -0.2) is 0 Å². The number of rotatable bonds is 4. The fourth-order valence-electron chi connectivity index (χ4n) is 1.33. The van der Waals surface area contributed by atoms with Crippen molar-refractivity contribution in [2.75, 3.05) is 5.48 Å². The highest BCUT2D eigenvalue weighted by molar-refractivity contribution is 6.30. The van der Waals surface area contributed by atoms with Crippen LogP contribution < -0.4 is 5.48 Å². The summed E-state index contributed by atoms with van der Waals surface area (Å²) in [5.41, 5.74) is 4.82. The molecule has 1 N–H and O–H groups in total. The minimum Gasteiger partial charge on any atom is -0.271 e. The molecule has 0 unspecified atom stereocenters. The molecule has 0 saturated heterocycles. The molecule has 2 rings (SSSR count). The van der Waals surface area contributed by atoms with Gasteiger partial charge in [0.05, 0.1) is 12.3 Å². The van der Waals surface area contributed by atoms with Crippen LogP contribution in [0.15, 0.2) is 54.6 Å². The Morgan fingerprint density at radius 3 is 2.56 bits per heavy atom. The smallest absolute Gasteiger partial charge is 0.0996 e. The zero-order valence-corrected chi connectivity index (χ0v) is 9.45. The van der Waals surface area contributed by atoms with Gasteiger partial charge in [-0.15, -0.1) is 0 Å². The van der Waals surface area contributed by atoms with Crippen LogP contribution in [0.1, 0.15) is 5.56 Å². The van der Waals surface area contributed by atoms with E-state index in [4.69, 9.17) is 16.4 Å². The lowest BCUT2D eigenvalue weighted by molar-refractivity contribution is 0.180. The Hall–Kier alpha value is -1.51. The molecule has 3 heteroatoms. The first-order valence-electron chi connectivity index (χ1n) is 5.02. The first-order chi connectivity index (χ1) is 7.84. The number of benzene rings is 2. The van der Waals surface area contributed by atoms with Crippen molar-refractivity contribution < 1.29 is 4.84 Å². The first kappa shape index (κ1) is 11.0. The van der Waals surface area contributed by atoms with Crippen molar-refractivity contribution in [2.45, 2.75) is 6.61 Å². The third kappa shape index (κ3) is 3.26. The van der Waals surface area contributed by atoms with Gasteiger partial charge in [0, 0.05) is 5.02 Å². The van der Waals surface area contributed by atoms with E-state index in [-0.39, 0.29) is 0 Å². The average Bonchev–Trinajstić information content (AvgIpc) is 2.30. The van der Waals surface area contributed by atoms with Crippen LogP contribution in [0.25, 0.3) is 0 Å². The van der Waals surface area contributed by atoms with Gasteiger partial charge in [0.2, 0.25) is 0 Å². The lowest BCUT2D eigenvalue weighted by atomic mass is 10.2. The largest absolute Gasteiger partial charge is 0.271 e. The summed E-state index contributed by atoms with van der Waals surface area (Å²) in [6.07, 6.45) is 0. The van der Waals surface area contributed by atoms with E-state index < -0.39 is 0 Å². The molecule has 0 spiro atoms. The van der Waals surface area contributed by atoms with Gasteiger partial charge in [-0.25, -0.2) is 0 Å². The van der Waals surface area contributed by atoms with Crippen molar-refractivity contribution >= 4 is 17.3 Å². The molecular formula is C13H12ClNO. The third-order valence-electron chi connectivity index (χ3n) is 2.10. The van der Waals surface area contributed by atoms with Crippen LogP contribution in [0.5, 0.6) is 0 Å². The lowest BCUT2D eigenvalue weighted by Gasteiger charge is -2.07. The van der Waals surface area contributed by atoms with Crippen LogP contribution in [0, 0.1) is 0 Å². The maximum Gasteiger partial charge on any atom is 0.0996 e. The van der Waals surface area contributed by atoms with E-state index in [1.807, 2.05) is 54.6 Å². The quantitative estimate of drug-likeness (QED) is 0.810. The van der Waals surface area contributed by atoms with Gasteiger partial charge >= 0.3 is 0 Å². The number of hydrogen-bond acceptors (Lipinski definition) is 2. The fourth-order valence-corrected chi connectivity index (χ4v) is 1.52. The second-order valence-electron chi connectivity index (χ2n) is 3.39. The Morgan fingerprint density at radius 1 is 1.00 bits per heavy atom. The van der Waals surface area contributed by atoms with E-state index in [1.54, 1.807) is 0 Å². The van der Waals surface area contributed by atoms with Crippen LogP contribution >= 0.6 is 11.6 Å². The molecule has 0 aliphatic rings. The summed E-state index contributed by atoms with van der Waals surface area (Å²) in [6.45, 7) is 0.521. The summed E-state index contributed by atoms with van der Waals surface area (Å²) in [6, 6.07) is 17.4. The Bertz CT molecular complexity index is 445.